The summed E-state index contributed by atoms with van der Waals surface area (Å²) >= 11 is 6.03. The fraction of sp³-hybridized carbons (Fsp3) is 0.375. The van der Waals surface area contributed by atoms with Crippen LogP contribution in [-0.4, -0.2) is 63.9 Å². The van der Waals surface area contributed by atoms with Crippen LogP contribution in [0.4, 0.5) is 5.69 Å². The highest BCUT2D eigenvalue weighted by Gasteiger charge is 2.26. The molecule has 2 aromatic rings. The van der Waals surface area contributed by atoms with Gasteiger partial charge in [0.1, 0.15) is 6.61 Å². The van der Waals surface area contributed by atoms with Crippen LogP contribution in [0.25, 0.3) is 6.08 Å². The number of methoxy groups -OCH3 is 1. The first kappa shape index (κ1) is 21.7. The van der Waals surface area contributed by atoms with Crippen molar-refractivity contribution >= 4 is 29.3 Å². The molecule has 0 bridgehead atoms. The molecule has 2 heterocycles. The largest absolute Gasteiger partial charge is 0.493 e. The summed E-state index contributed by atoms with van der Waals surface area (Å²) in [6.45, 7) is 5.39. The molecular formula is C24H27ClN2O4. The summed E-state index contributed by atoms with van der Waals surface area (Å²) in [5.41, 5.74) is 2.85. The first-order chi connectivity index (χ1) is 15.1. The van der Waals surface area contributed by atoms with Crippen molar-refractivity contribution in [2.45, 2.75) is 6.42 Å². The van der Waals surface area contributed by atoms with E-state index in [0.717, 1.165) is 56.1 Å². The van der Waals surface area contributed by atoms with E-state index in [1.54, 1.807) is 24.2 Å². The Balaban J connectivity index is 1.45. The minimum Gasteiger partial charge on any atom is -0.493 e. The molecule has 164 valence electrons. The summed E-state index contributed by atoms with van der Waals surface area (Å²) in [6, 6.07) is 11.3. The Labute approximate surface area is 187 Å². The Morgan fingerprint density at radius 1 is 1.16 bits per heavy atom. The topological polar surface area (TPSA) is 51.2 Å². The van der Waals surface area contributed by atoms with Crippen LogP contribution < -0.4 is 14.4 Å². The standard InChI is InChI=1S/C24H27ClN2O4/c1-29-22-16-19-7-8-27(24(28)6-5-18-3-2-4-20(25)15-18)21(19)17-23(22)31-14-11-26-9-12-30-13-10-26/h2-6,15-17H,7-14H2,1H3/b6-5+. The molecule has 2 aliphatic rings. The van der Waals surface area contributed by atoms with E-state index in [9.17, 15) is 4.79 Å². The quantitative estimate of drug-likeness (QED) is 0.612. The number of carbonyl (C=O) groups excluding carboxylic acids is 1. The van der Waals surface area contributed by atoms with E-state index in [1.807, 2.05) is 36.4 Å². The van der Waals surface area contributed by atoms with E-state index in [2.05, 4.69) is 4.90 Å². The summed E-state index contributed by atoms with van der Waals surface area (Å²) in [5.74, 6) is 1.29. The zero-order valence-electron chi connectivity index (χ0n) is 17.7. The van der Waals surface area contributed by atoms with Crippen molar-refractivity contribution in [3.8, 4) is 11.5 Å². The number of hydrogen-bond donors (Lipinski definition) is 0. The molecule has 0 spiro atoms. The third-order valence-corrected chi connectivity index (χ3v) is 5.80. The average Bonchev–Trinajstić information content (AvgIpc) is 3.20. The van der Waals surface area contributed by atoms with Crippen molar-refractivity contribution in [2.75, 3.05) is 58.0 Å². The molecule has 0 N–H and O–H groups in total. The van der Waals surface area contributed by atoms with Gasteiger partial charge in [0.05, 0.1) is 26.0 Å². The van der Waals surface area contributed by atoms with E-state index in [4.69, 9.17) is 25.8 Å². The Morgan fingerprint density at radius 3 is 2.77 bits per heavy atom. The van der Waals surface area contributed by atoms with Gasteiger partial charge in [-0.2, -0.15) is 0 Å². The number of fused-ring (bicyclic) bond motifs is 1. The number of rotatable bonds is 7. The molecule has 2 aliphatic heterocycles. The molecule has 1 saturated heterocycles. The zero-order chi connectivity index (χ0) is 21.6. The molecule has 0 saturated carbocycles. The summed E-state index contributed by atoms with van der Waals surface area (Å²) in [7, 11) is 1.64. The van der Waals surface area contributed by atoms with Gasteiger partial charge in [0.25, 0.3) is 5.91 Å². The maximum absolute atomic E-state index is 12.9. The molecule has 1 fully saturated rings. The first-order valence-electron chi connectivity index (χ1n) is 10.5. The van der Waals surface area contributed by atoms with Crippen LogP contribution in [0.5, 0.6) is 11.5 Å². The van der Waals surface area contributed by atoms with Crippen molar-refractivity contribution in [3.05, 3.63) is 58.6 Å². The van der Waals surface area contributed by atoms with Crippen LogP contribution in [-0.2, 0) is 16.0 Å². The maximum atomic E-state index is 12.9. The maximum Gasteiger partial charge on any atom is 0.251 e. The molecule has 0 radical (unpaired) electrons. The summed E-state index contributed by atoms with van der Waals surface area (Å²) in [6.07, 6.45) is 4.16. The van der Waals surface area contributed by atoms with Gasteiger partial charge in [0, 0.05) is 43.3 Å². The van der Waals surface area contributed by atoms with Gasteiger partial charge < -0.3 is 19.1 Å². The molecule has 1 amide bonds. The molecule has 6 nitrogen and oxygen atoms in total. The van der Waals surface area contributed by atoms with Gasteiger partial charge in [-0.25, -0.2) is 0 Å². The van der Waals surface area contributed by atoms with Gasteiger partial charge >= 0.3 is 0 Å². The number of carbonyl (C=O) groups is 1. The van der Waals surface area contributed by atoms with Crippen molar-refractivity contribution in [1.82, 2.24) is 4.90 Å². The Hall–Kier alpha value is -2.54. The van der Waals surface area contributed by atoms with Gasteiger partial charge in [-0.3, -0.25) is 9.69 Å². The van der Waals surface area contributed by atoms with Crippen LogP contribution in [0.2, 0.25) is 5.02 Å². The lowest BCUT2D eigenvalue weighted by atomic mass is 10.1. The highest BCUT2D eigenvalue weighted by molar-refractivity contribution is 6.30. The van der Waals surface area contributed by atoms with Crippen LogP contribution in [0, 0.1) is 0 Å². The highest BCUT2D eigenvalue weighted by Crippen LogP contribution is 2.39. The zero-order valence-corrected chi connectivity index (χ0v) is 18.4. The Kier molecular flexibility index (Phi) is 7.12. The molecule has 0 aromatic heterocycles. The predicted molar refractivity (Wildman–Crippen MR) is 122 cm³/mol. The number of hydrogen-bond acceptors (Lipinski definition) is 5. The van der Waals surface area contributed by atoms with Gasteiger partial charge in [-0.1, -0.05) is 23.7 Å². The van der Waals surface area contributed by atoms with Gasteiger partial charge in [0.2, 0.25) is 0 Å². The first-order valence-corrected chi connectivity index (χ1v) is 10.9. The van der Waals surface area contributed by atoms with Gasteiger partial charge in [-0.05, 0) is 41.8 Å². The number of anilines is 1. The van der Waals surface area contributed by atoms with Crippen LogP contribution in [0.1, 0.15) is 11.1 Å². The molecular weight excluding hydrogens is 416 g/mol. The van der Waals surface area contributed by atoms with E-state index >= 15 is 0 Å². The second-order valence-electron chi connectivity index (χ2n) is 7.56. The normalized spacial score (nSPS) is 16.5. The number of benzene rings is 2. The second kappa shape index (κ2) is 10.2. The number of halogens is 1. The molecule has 4 rings (SSSR count). The van der Waals surface area contributed by atoms with Gasteiger partial charge in [-0.15, -0.1) is 0 Å². The molecule has 0 aliphatic carbocycles. The van der Waals surface area contributed by atoms with Crippen LogP contribution in [0.3, 0.4) is 0 Å². The summed E-state index contributed by atoms with van der Waals surface area (Å²) < 4.78 is 17.0. The lowest BCUT2D eigenvalue weighted by Crippen LogP contribution is -2.38. The summed E-state index contributed by atoms with van der Waals surface area (Å²) in [5, 5.41) is 0.645. The lowest BCUT2D eigenvalue weighted by Gasteiger charge is -2.26. The SMILES string of the molecule is COc1cc2c(cc1OCCN1CCOCC1)N(C(=O)/C=C/c1cccc(Cl)c1)CC2. The number of ether oxygens (including phenoxy) is 3. The van der Waals surface area contributed by atoms with Crippen molar-refractivity contribution in [3.63, 3.8) is 0 Å². The Bertz CT molecular complexity index is 957. The van der Waals surface area contributed by atoms with Crippen molar-refractivity contribution < 1.29 is 19.0 Å². The van der Waals surface area contributed by atoms with Crippen molar-refractivity contribution in [1.29, 1.82) is 0 Å². The fourth-order valence-corrected chi connectivity index (χ4v) is 4.07. The van der Waals surface area contributed by atoms with Gasteiger partial charge in [0.15, 0.2) is 11.5 Å². The fourth-order valence-electron chi connectivity index (χ4n) is 3.87. The van der Waals surface area contributed by atoms with E-state index in [0.29, 0.717) is 29.7 Å². The minimum absolute atomic E-state index is 0.0665. The molecule has 7 heteroatoms. The smallest absolute Gasteiger partial charge is 0.251 e. The van der Waals surface area contributed by atoms with Crippen LogP contribution >= 0.6 is 11.6 Å². The van der Waals surface area contributed by atoms with E-state index in [-0.39, 0.29) is 5.91 Å². The predicted octanol–water partition coefficient (Wildman–Crippen LogP) is 3.66. The molecule has 0 atom stereocenters. The number of amides is 1. The summed E-state index contributed by atoms with van der Waals surface area (Å²) in [4.78, 5) is 17.0. The third-order valence-electron chi connectivity index (χ3n) is 5.56. The second-order valence-corrected chi connectivity index (χ2v) is 8.00. The molecule has 2 aromatic carbocycles. The Morgan fingerprint density at radius 2 is 2.00 bits per heavy atom. The highest BCUT2D eigenvalue weighted by atomic mass is 35.5. The third kappa shape index (κ3) is 5.39. The minimum atomic E-state index is -0.0665. The monoisotopic (exact) mass is 442 g/mol. The number of morpholine rings is 1. The van der Waals surface area contributed by atoms with Crippen molar-refractivity contribution in [2.24, 2.45) is 0 Å². The average molecular weight is 443 g/mol. The lowest BCUT2D eigenvalue weighted by molar-refractivity contribution is -0.114. The van der Waals surface area contributed by atoms with Crippen LogP contribution in [0.15, 0.2) is 42.5 Å². The van der Waals surface area contributed by atoms with E-state index < -0.39 is 0 Å². The molecule has 31 heavy (non-hydrogen) atoms. The molecule has 0 unspecified atom stereocenters. The number of nitrogens with zero attached hydrogens (tertiary/aromatic N) is 2. The van der Waals surface area contributed by atoms with E-state index in [1.165, 1.54) is 0 Å².